The van der Waals surface area contributed by atoms with Crippen LogP contribution in [0.3, 0.4) is 0 Å². The van der Waals surface area contributed by atoms with Gasteiger partial charge in [0.25, 0.3) is 6.43 Å². The summed E-state index contributed by atoms with van der Waals surface area (Å²) in [4.78, 5) is 0. The van der Waals surface area contributed by atoms with E-state index in [0.717, 1.165) is 0 Å². The molecule has 1 rings (SSSR count). The molecule has 5 heteroatoms. The van der Waals surface area contributed by atoms with Crippen molar-refractivity contribution in [2.75, 3.05) is 0 Å². The zero-order valence-corrected chi connectivity index (χ0v) is 10.9. The van der Waals surface area contributed by atoms with Crippen LogP contribution in [-0.2, 0) is 13.1 Å². The van der Waals surface area contributed by atoms with Crippen LogP contribution in [0.25, 0.3) is 0 Å². The predicted molar refractivity (Wildman–Crippen MR) is 64.0 cm³/mol. The van der Waals surface area contributed by atoms with Crippen LogP contribution in [0.2, 0.25) is 0 Å². The molecule has 1 aromatic rings. The average molecular weight is 245 g/mol. The topological polar surface area (TPSA) is 29.9 Å². The Hall–Kier alpha value is -0.970. The van der Waals surface area contributed by atoms with Gasteiger partial charge in [-0.05, 0) is 5.92 Å². The molecule has 1 N–H and O–H groups in total. The van der Waals surface area contributed by atoms with Crippen LogP contribution >= 0.6 is 0 Å². The second-order valence-electron chi connectivity index (χ2n) is 4.97. The second-order valence-corrected chi connectivity index (χ2v) is 4.97. The Labute approximate surface area is 101 Å². The third kappa shape index (κ3) is 4.07. The van der Waals surface area contributed by atoms with Crippen LogP contribution in [0.4, 0.5) is 8.78 Å². The van der Waals surface area contributed by atoms with Gasteiger partial charge >= 0.3 is 0 Å². The number of nitrogens with zero attached hydrogens (tertiary/aromatic N) is 2. The van der Waals surface area contributed by atoms with Crippen molar-refractivity contribution in [2.24, 2.45) is 5.92 Å². The first-order chi connectivity index (χ1) is 7.91. The summed E-state index contributed by atoms with van der Waals surface area (Å²) < 4.78 is 27.4. The monoisotopic (exact) mass is 245 g/mol. The Balaban J connectivity index is 2.86. The van der Waals surface area contributed by atoms with Gasteiger partial charge in [-0.3, -0.25) is 4.68 Å². The summed E-state index contributed by atoms with van der Waals surface area (Å²) in [5.74, 6) is 0.304. The minimum Gasteiger partial charge on any atom is -0.310 e. The van der Waals surface area contributed by atoms with Gasteiger partial charge in [0, 0.05) is 24.7 Å². The first-order valence-corrected chi connectivity index (χ1v) is 5.98. The summed E-state index contributed by atoms with van der Waals surface area (Å²) in [6, 6.07) is 0.272. The first kappa shape index (κ1) is 14.1. The molecular weight excluding hydrogens is 224 g/mol. The number of hydrogen-bond acceptors (Lipinski definition) is 2. The van der Waals surface area contributed by atoms with E-state index in [1.807, 2.05) is 27.7 Å². The summed E-state index contributed by atoms with van der Waals surface area (Å²) in [6.45, 7) is 8.92. The molecule has 0 aromatic carbocycles. The lowest BCUT2D eigenvalue weighted by Crippen LogP contribution is -2.22. The summed E-state index contributed by atoms with van der Waals surface area (Å²) in [6.07, 6.45) is -0.931. The van der Waals surface area contributed by atoms with E-state index in [0.29, 0.717) is 24.6 Å². The van der Waals surface area contributed by atoms with E-state index < -0.39 is 6.43 Å². The largest absolute Gasteiger partial charge is 0.310 e. The van der Waals surface area contributed by atoms with Crippen LogP contribution < -0.4 is 5.32 Å². The molecule has 0 aliphatic rings. The fourth-order valence-electron chi connectivity index (χ4n) is 1.63. The van der Waals surface area contributed by atoms with Gasteiger partial charge in [-0.15, -0.1) is 0 Å². The highest BCUT2D eigenvalue weighted by Crippen LogP contribution is 2.23. The van der Waals surface area contributed by atoms with Crippen molar-refractivity contribution >= 4 is 0 Å². The van der Waals surface area contributed by atoms with Gasteiger partial charge in [0.2, 0.25) is 0 Å². The molecule has 0 saturated heterocycles. The summed E-state index contributed by atoms with van der Waals surface area (Å²) in [5.41, 5.74) is 0.640. The van der Waals surface area contributed by atoms with E-state index in [4.69, 9.17) is 0 Å². The molecule has 0 unspecified atom stereocenters. The smallest absolute Gasteiger partial charge is 0.280 e. The van der Waals surface area contributed by atoms with Crippen LogP contribution in [0, 0.1) is 5.92 Å². The highest BCUT2D eigenvalue weighted by Gasteiger charge is 2.20. The summed E-state index contributed by atoms with van der Waals surface area (Å²) >= 11 is 0. The third-order valence-electron chi connectivity index (χ3n) is 2.41. The molecule has 1 heterocycles. The summed E-state index contributed by atoms with van der Waals surface area (Å²) in [7, 11) is 0. The van der Waals surface area contributed by atoms with Crippen molar-refractivity contribution in [1.29, 1.82) is 0 Å². The SMILES string of the molecule is CC(C)Cn1ncc(CNC(C)C)c1C(F)F. The highest BCUT2D eigenvalue weighted by molar-refractivity contribution is 5.19. The fourth-order valence-corrected chi connectivity index (χ4v) is 1.63. The van der Waals surface area contributed by atoms with Crippen LogP contribution in [0.1, 0.15) is 45.4 Å². The van der Waals surface area contributed by atoms with Gasteiger partial charge in [0.05, 0.1) is 6.20 Å². The molecular formula is C12H21F2N3. The van der Waals surface area contributed by atoms with E-state index >= 15 is 0 Å². The van der Waals surface area contributed by atoms with Crippen LogP contribution in [0.5, 0.6) is 0 Å². The number of rotatable bonds is 6. The van der Waals surface area contributed by atoms with Gasteiger partial charge in [-0.1, -0.05) is 27.7 Å². The Bertz CT molecular complexity index is 346. The molecule has 0 amide bonds. The van der Waals surface area contributed by atoms with E-state index in [1.165, 1.54) is 4.68 Å². The van der Waals surface area contributed by atoms with Crippen molar-refractivity contribution in [3.05, 3.63) is 17.5 Å². The van der Waals surface area contributed by atoms with Gasteiger partial charge in [-0.2, -0.15) is 5.10 Å². The van der Waals surface area contributed by atoms with Crippen molar-refractivity contribution in [3.63, 3.8) is 0 Å². The lowest BCUT2D eigenvalue weighted by atomic mass is 10.2. The zero-order chi connectivity index (χ0) is 13.0. The number of nitrogens with one attached hydrogen (secondary N) is 1. The van der Waals surface area contributed by atoms with Crippen LogP contribution in [-0.4, -0.2) is 15.8 Å². The maximum Gasteiger partial charge on any atom is 0.280 e. The highest BCUT2D eigenvalue weighted by atomic mass is 19.3. The van der Waals surface area contributed by atoms with Gasteiger partial charge in [0.1, 0.15) is 5.69 Å². The van der Waals surface area contributed by atoms with E-state index in [9.17, 15) is 8.78 Å². The third-order valence-corrected chi connectivity index (χ3v) is 2.41. The Kier molecular flexibility index (Phi) is 5.05. The molecule has 0 bridgehead atoms. The maximum absolute atomic E-state index is 13.0. The van der Waals surface area contributed by atoms with Gasteiger partial charge in [0.15, 0.2) is 0 Å². The van der Waals surface area contributed by atoms with Crippen LogP contribution in [0.15, 0.2) is 6.20 Å². The van der Waals surface area contributed by atoms with Crippen molar-refractivity contribution in [1.82, 2.24) is 15.1 Å². The van der Waals surface area contributed by atoms with E-state index in [1.54, 1.807) is 6.20 Å². The van der Waals surface area contributed by atoms with Crippen molar-refractivity contribution < 1.29 is 8.78 Å². The quantitative estimate of drug-likeness (QED) is 0.835. The average Bonchev–Trinajstić information content (AvgIpc) is 2.56. The number of halogens is 2. The van der Waals surface area contributed by atoms with Crippen molar-refractivity contribution in [2.45, 2.75) is 53.3 Å². The first-order valence-electron chi connectivity index (χ1n) is 5.98. The minimum atomic E-state index is -2.47. The fraction of sp³-hybridized carbons (Fsp3) is 0.750. The molecule has 0 atom stereocenters. The molecule has 0 saturated carbocycles. The lowest BCUT2D eigenvalue weighted by Gasteiger charge is -2.12. The molecule has 0 radical (unpaired) electrons. The standard InChI is InChI=1S/C12H21F2N3/c1-8(2)7-17-11(12(13)14)10(6-16-17)5-15-9(3)4/h6,8-9,12,15H,5,7H2,1-4H3. The summed E-state index contributed by atoms with van der Waals surface area (Å²) in [5, 5.41) is 7.19. The molecule has 1 aromatic heterocycles. The van der Waals surface area contributed by atoms with Gasteiger partial charge in [-0.25, -0.2) is 8.78 Å². The van der Waals surface area contributed by atoms with Crippen molar-refractivity contribution in [3.8, 4) is 0 Å². The normalized spacial score (nSPS) is 12.1. The molecule has 17 heavy (non-hydrogen) atoms. The molecule has 0 aliphatic heterocycles. The van der Waals surface area contributed by atoms with E-state index in [-0.39, 0.29) is 11.7 Å². The number of hydrogen-bond donors (Lipinski definition) is 1. The zero-order valence-electron chi connectivity index (χ0n) is 10.9. The lowest BCUT2D eigenvalue weighted by molar-refractivity contribution is 0.136. The Morgan fingerprint density at radius 1 is 1.29 bits per heavy atom. The molecule has 0 fully saturated rings. The second kappa shape index (κ2) is 6.10. The molecule has 98 valence electrons. The Morgan fingerprint density at radius 3 is 2.41 bits per heavy atom. The molecule has 3 nitrogen and oxygen atoms in total. The number of aromatic nitrogens is 2. The maximum atomic E-state index is 13.0. The van der Waals surface area contributed by atoms with E-state index in [2.05, 4.69) is 10.4 Å². The van der Waals surface area contributed by atoms with Gasteiger partial charge < -0.3 is 5.32 Å². The Morgan fingerprint density at radius 2 is 1.94 bits per heavy atom. The predicted octanol–water partition coefficient (Wildman–Crippen LogP) is 2.97. The molecule has 0 spiro atoms. The molecule has 0 aliphatic carbocycles. The number of alkyl halides is 2. The minimum absolute atomic E-state index is 0.0480.